The Bertz CT molecular complexity index is 422. The van der Waals surface area contributed by atoms with Crippen LogP contribution >= 0.6 is 0 Å². The van der Waals surface area contributed by atoms with Crippen molar-refractivity contribution < 1.29 is 0 Å². The molecule has 1 N–H and O–H groups in total. The van der Waals surface area contributed by atoms with Gasteiger partial charge in [0, 0.05) is 12.4 Å². The summed E-state index contributed by atoms with van der Waals surface area (Å²) in [6.45, 7) is 2.30. The maximum atomic E-state index is 3.15. The molecule has 1 heteroatoms. The fourth-order valence-electron chi connectivity index (χ4n) is 4.81. The fraction of sp³-hybridized carbons (Fsp3) is 0.867. The van der Waals surface area contributed by atoms with E-state index in [2.05, 4.69) is 24.2 Å². The predicted octanol–water partition coefficient (Wildman–Crippen LogP) is 10.9. The SMILES string of the molecule is CCCCCCCCCCCCCCCCCCCCCCCCCCc1cc[nH]c1. The first-order valence-electron chi connectivity index (χ1n) is 14.5. The summed E-state index contributed by atoms with van der Waals surface area (Å²) in [5, 5.41) is 0. The lowest BCUT2D eigenvalue weighted by Gasteiger charge is -2.04. The molecule has 1 nitrogen and oxygen atoms in total. The molecule has 0 bridgehead atoms. The van der Waals surface area contributed by atoms with Gasteiger partial charge in [-0.2, -0.15) is 0 Å². The van der Waals surface area contributed by atoms with E-state index < -0.39 is 0 Å². The van der Waals surface area contributed by atoms with Crippen LogP contribution in [0, 0.1) is 0 Å². The van der Waals surface area contributed by atoms with Gasteiger partial charge in [-0.1, -0.05) is 155 Å². The first-order chi connectivity index (χ1) is 15.4. The van der Waals surface area contributed by atoms with Crippen molar-refractivity contribution in [1.82, 2.24) is 4.98 Å². The average molecular weight is 432 g/mol. The minimum Gasteiger partial charge on any atom is -0.367 e. The summed E-state index contributed by atoms with van der Waals surface area (Å²) in [4.78, 5) is 3.15. The Morgan fingerprint density at radius 1 is 0.452 bits per heavy atom. The molecule has 1 aromatic heterocycles. The Morgan fingerprint density at radius 2 is 0.774 bits per heavy atom. The number of aromatic amines is 1. The number of nitrogens with one attached hydrogen (secondary N) is 1. The number of aromatic nitrogens is 1. The topological polar surface area (TPSA) is 15.8 Å². The third-order valence-electron chi connectivity index (χ3n) is 6.98. The lowest BCUT2D eigenvalue weighted by atomic mass is 10.0. The van der Waals surface area contributed by atoms with Gasteiger partial charge < -0.3 is 4.98 Å². The number of hydrogen-bond acceptors (Lipinski definition) is 0. The van der Waals surface area contributed by atoms with Gasteiger partial charge in [0.1, 0.15) is 0 Å². The molecule has 0 saturated carbocycles. The molecular weight excluding hydrogens is 374 g/mol. The Kier molecular flexibility index (Phi) is 21.9. The number of aryl methyl sites for hydroxylation is 1. The molecular formula is C30H57N. The Morgan fingerprint density at radius 3 is 1.06 bits per heavy atom. The smallest absolute Gasteiger partial charge is 0.00373 e. The van der Waals surface area contributed by atoms with Crippen molar-refractivity contribution in [2.75, 3.05) is 0 Å². The summed E-state index contributed by atoms with van der Waals surface area (Å²) in [5.74, 6) is 0. The molecule has 0 atom stereocenters. The summed E-state index contributed by atoms with van der Waals surface area (Å²) >= 11 is 0. The highest BCUT2D eigenvalue weighted by Gasteiger charge is 1.97. The van der Waals surface area contributed by atoms with Gasteiger partial charge in [0.15, 0.2) is 0 Å². The molecule has 0 aromatic carbocycles. The van der Waals surface area contributed by atoms with Crippen molar-refractivity contribution in [2.45, 2.75) is 167 Å². The molecule has 0 aliphatic heterocycles. The van der Waals surface area contributed by atoms with Crippen molar-refractivity contribution in [3.63, 3.8) is 0 Å². The van der Waals surface area contributed by atoms with E-state index in [1.54, 1.807) is 0 Å². The van der Waals surface area contributed by atoms with Crippen LogP contribution in [0.1, 0.15) is 167 Å². The zero-order valence-corrected chi connectivity index (χ0v) is 21.4. The van der Waals surface area contributed by atoms with Crippen molar-refractivity contribution >= 4 is 0 Å². The highest BCUT2D eigenvalue weighted by Crippen LogP contribution is 2.16. The third kappa shape index (κ3) is 20.9. The number of rotatable bonds is 25. The maximum absolute atomic E-state index is 3.15. The average Bonchev–Trinajstić information content (AvgIpc) is 3.30. The minimum absolute atomic E-state index is 1.25. The van der Waals surface area contributed by atoms with Crippen LogP contribution < -0.4 is 0 Å². The van der Waals surface area contributed by atoms with Crippen molar-refractivity contribution in [2.24, 2.45) is 0 Å². The van der Waals surface area contributed by atoms with E-state index in [1.165, 1.54) is 166 Å². The molecule has 31 heavy (non-hydrogen) atoms. The van der Waals surface area contributed by atoms with Crippen LogP contribution in [-0.2, 0) is 6.42 Å². The molecule has 1 rings (SSSR count). The van der Waals surface area contributed by atoms with Gasteiger partial charge in [-0.15, -0.1) is 0 Å². The second kappa shape index (κ2) is 23.9. The van der Waals surface area contributed by atoms with E-state index in [9.17, 15) is 0 Å². The van der Waals surface area contributed by atoms with E-state index in [0.717, 1.165) is 0 Å². The molecule has 0 saturated heterocycles. The Balaban J connectivity index is 1.62. The van der Waals surface area contributed by atoms with Gasteiger partial charge in [-0.3, -0.25) is 0 Å². The lowest BCUT2D eigenvalue weighted by Crippen LogP contribution is -1.85. The molecule has 0 fully saturated rings. The Hall–Kier alpha value is -0.720. The minimum atomic E-state index is 1.25. The molecule has 0 unspecified atom stereocenters. The zero-order valence-electron chi connectivity index (χ0n) is 21.4. The maximum Gasteiger partial charge on any atom is 0.00373 e. The third-order valence-corrected chi connectivity index (χ3v) is 6.98. The second-order valence-electron chi connectivity index (χ2n) is 10.1. The van der Waals surface area contributed by atoms with Crippen molar-refractivity contribution in [3.05, 3.63) is 24.0 Å². The molecule has 0 aliphatic carbocycles. The van der Waals surface area contributed by atoms with Gasteiger partial charge in [0.05, 0.1) is 0 Å². The molecule has 0 aliphatic rings. The quantitative estimate of drug-likeness (QED) is 0.148. The molecule has 1 heterocycles. The predicted molar refractivity (Wildman–Crippen MR) is 141 cm³/mol. The number of unbranched alkanes of at least 4 members (excludes halogenated alkanes) is 23. The van der Waals surface area contributed by atoms with E-state index in [1.807, 2.05) is 6.20 Å². The van der Waals surface area contributed by atoms with Gasteiger partial charge >= 0.3 is 0 Å². The largest absolute Gasteiger partial charge is 0.367 e. The van der Waals surface area contributed by atoms with Gasteiger partial charge in [0.2, 0.25) is 0 Å². The van der Waals surface area contributed by atoms with Crippen LogP contribution in [0.5, 0.6) is 0 Å². The first-order valence-corrected chi connectivity index (χ1v) is 14.5. The summed E-state index contributed by atoms with van der Waals surface area (Å²) < 4.78 is 0. The first kappa shape index (κ1) is 28.3. The van der Waals surface area contributed by atoms with E-state index in [-0.39, 0.29) is 0 Å². The molecule has 0 amide bonds. The highest BCUT2D eigenvalue weighted by molar-refractivity contribution is 5.07. The zero-order chi connectivity index (χ0) is 22.1. The van der Waals surface area contributed by atoms with Gasteiger partial charge in [-0.05, 0) is 24.5 Å². The van der Waals surface area contributed by atoms with Crippen molar-refractivity contribution in [3.8, 4) is 0 Å². The normalized spacial score (nSPS) is 11.4. The van der Waals surface area contributed by atoms with Crippen LogP contribution in [0.15, 0.2) is 18.5 Å². The number of H-pyrrole nitrogens is 1. The molecule has 182 valence electrons. The summed E-state index contributed by atoms with van der Waals surface area (Å²) in [7, 11) is 0. The molecule has 1 aromatic rings. The highest BCUT2D eigenvalue weighted by atomic mass is 14.6. The fourth-order valence-corrected chi connectivity index (χ4v) is 4.81. The van der Waals surface area contributed by atoms with Crippen molar-refractivity contribution in [1.29, 1.82) is 0 Å². The van der Waals surface area contributed by atoms with E-state index >= 15 is 0 Å². The Labute approximate surface area is 196 Å². The number of hydrogen-bond donors (Lipinski definition) is 1. The summed E-state index contributed by atoms with van der Waals surface area (Å²) in [5.41, 5.74) is 1.47. The second-order valence-corrected chi connectivity index (χ2v) is 10.1. The molecule has 0 radical (unpaired) electrons. The van der Waals surface area contributed by atoms with E-state index in [4.69, 9.17) is 0 Å². The standard InChI is InChI=1S/C30H57N/c1-2-3-4-5-6-7-8-9-10-11-12-13-14-15-16-17-18-19-20-21-22-23-24-25-26-30-27-28-31-29-30/h27-29,31H,2-26H2,1H3. The van der Waals surface area contributed by atoms with Gasteiger partial charge in [-0.25, -0.2) is 0 Å². The molecule has 0 spiro atoms. The van der Waals surface area contributed by atoms with Crippen LogP contribution in [0.2, 0.25) is 0 Å². The van der Waals surface area contributed by atoms with Gasteiger partial charge in [0.25, 0.3) is 0 Å². The summed E-state index contributed by atoms with van der Waals surface area (Å²) in [6, 6.07) is 2.21. The van der Waals surface area contributed by atoms with Crippen LogP contribution in [0.3, 0.4) is 0 Å². The van der Waals surface area contributed by atoms with Crippen LogP contribution in [0.4, 0.5) is 0 Å². The van der Waals surface area contributed by atoms with E-state index in [0.29, 0.717) is 0 Å². The monoisotopic (exact) mass is 431 g/mol. The van der Waals surface area contributed by atoms with Crippen LogP contribution in [0.25, 0.3) is 0 Å². The lowest BCUT2D eigenvalue weighted by molar-refractivity contribution is 0.517. The summed E-state index contributed by atoms with van der Waals surface area (Å²) in [6.07, 6.45) is 40.5. The van der Waals surface area contributed by atoms with Crippen LogP contribution in [-0.4, -0.2) is 4.98 Å².